The van der Waals surface area contributed by atoms with Gasteiger partial charge in [-0.05, 0) is 42.4 Å². The van der Waals surface area contributed by atoms with Gasteiger partial charge in [-0.2, -0.15) is 0 Å². The molecule has 5 nitrogen and oxygen atoms in total. The molecule has 2 aromatic carbocycles. The van der Waals surface area contributed by atoms with E-state index in [0.29, 0.717) is 16.8 Å². The zero-order chi connectivity index (χ0) is 23.5. The number of benzene rings is 2. The molecule has 0 aliphatic carbocycles. The van der Waals surface area contributed by atoms with Gasteiger partial charge in [0.05, 0.1) is 11.4 Å². The van der Waals surface area contributed by atoms with Crippen LogP contribution in [0.2, 0.25) is 0 Å². The lowest BCUT2D eigenvalue weighted by Crippen LogP contribution is -2.37. The summed E-state index contributed by atoms with van der Waals surface area (Å²) in [5.41, 5.74) is 4.50. The topological polar surface area (TPSA) is 59.8 Å². The number of rotatable bonds is 7. The van der Waals surface area contributed by atoms with Crippen molar-refractivity contribution in [3.05, 3.63) is 59.7 Å². The van der Waals surface area contributed by atoms with Crippen LogP contribution in [-0.4, -0.2) is 32.5 Å². The van der Waals surface area contributed by atoms with Crippen LogP contribution in [0.4, 0.5) is 0 Å². The Bertz CT molecular complexity index is 1060. The van der Waals surface area contributed by atoms with E-state index in [0.717, 1.165) is 22.6 Å². The second-order valence-electron chi connectivity index (χ2n) is 9.64. The summed E-state index contributed by atoms with van der Waals surface area (Å²) in [5.74, 6) is 1.47. The van der Waals surface area contributed by atoms with Gasteiger partial charge in [0.25, 0.3) is 0 Å². The molecule has 1 N–H and O–H groups in total. The minimum atomic E-state index is 0.00612. The van der Waals surface area contributed by atoms with Gasteiger partial charge in [-0.25, -0.2) is 0 Å². The van der Waals surface area contributed by atoms with Crippen molar-refractivity contribution >= 4 is 17.7 Å². The number of hydrogen-bond acceptors (Lipinski definition) is 4. The fourth-order valence-electron chi connectivity index (χ4n) is 3.29. The molecule has 0 unspecified atom stereocenters. The maximum Gasteiger partial charge on any atom is 0.230 e. The van der Waals surface area contributed by atoms with E-state index in [1.54, 1.807) is 0 Å². The second kappa shape index (κ2) is 9.90. The Labute approximate surface area is 196 Å². The summed E-state index contributed by atoms with van der Waals surface area (Å²) >= 11 is 1.41. The van der Waals surface area contributed by atoms with Gasteiger partial charge < -0.3 is 5.32 Å². The molecule has 6 heteroatoms. The van der Waals surface area contributed by atoms with Gasteiger partial charge in [0.2, 0.25) is 5.91 Å². The van der Waals surface area contributed by atoms with Gasteiger partial charge in [-0.15, -0.1) is 10.2 Å². The minimum absolute atomic E-state index is 0.00612. The number of hydrogen-bond donors (Lipinski definition) is 1. The standard InChI is InChI=1S/C26H34N4OS/c1-17(2)19(4)27-23(31)16-32-25-29-28-24(30(25)22-11-9-8-10-18(22)3)20-12-14-21(15-13-20)26(5,6)7/h8-15,17,19H,16H2,1-7H3,(H,27,31)/t19-/m1/s1. The lowest BCUT2D eigenvalue weighted by molar-refractivity contribution is -0.119. The van der Waals surface area contributed by atoms with Gasteiger partial charge in [-0.1, -0.05) is 88.8 Å². The summed E-state index contributed by atoms with van der Waals surface area (Å²) in [6.45, 7) is 14.9. The lowest BCUT2D eigenvalue weighted by atomic mass is 9.87. The highest BCUT2D eigenvalue weighted by molar-refractivity contribution is 7.99. The van der Waals surface area contributed by atoms with Crippen LogP contribution >= 0.6 is 11.8 Å². The number of carbonyl (C=O) groups is 1. The molecular formula is C26H34N4OS. The second-order valence-corrected chi connectivity index (χ2v) is 10.6. The van der Waals surface area contributed by atoms with E-state index in [1.165, 1.54) is 17.3 Å². The Morgan fingerprint density at radius 1 is 1.03 bits per heavy atom. The van der Waals surface area contributed by atoms with Crippen molar-refractivity contribution < 1.29 is 4.79 Å². The molecule has 0 saturated heterocycles. The summed E-state index contributed by atoms with van der Waals surface area (Å²) in [6, 6.07) is 16.8. The van der Waals surface area contributed by atoms with Crippen LogP contribution < -0.4 is 5.32 Å². The number of thioether (sulfide) groups is 1. The van der Waals surface area contributed by atoms with Crippen molar-refractivity contribution in [1.29, 1.82) is 0 Å². The van der Waals surface area contributed by atoms with Crippen molar-refractivity contribution in [2.75, 3.05) is 5.75 Å². The van der Waals surface area contributed by atoms with Crippen molar-refractivity contribution in [1.82, 2.24) is 20.1 Å². The molecule has 0 spiro atoms. The van der Waals surface area contributed by atoms with Crippen LogP contribution in [0.25, 0.3) is 17.1 Å². The van der Waals surface area contributed by atoms with Gasteiger partial charge in [0, 0.05) is 11.6 Å². The molecule has 1 heterocycles. The van der Waals surface area contributed by atoms with Crippen molar-refractivity contribution in [2.45, 2.75) is 65.1 Å². The number of nitrogens with one attached hydrogen (secondary N) is 1. The maximum absolute atomic E-state index is 12.5. The molecule has 0 bridgehead atoms. The molecule has 3 aromatic rings. The average molecular weight is 451 g/mol. The molecule has 0 aliphatic heterocycles. The summed E-state index contributed by atoms with van der Waals surface area (Å²) < 4.78 is 2.06. The fourth-order valence-corrected chi connectivity index (χ4v) is 4.05. The summed E-state index contributed by atoms with van der Waals surface area (Å²) in [5, 5.41) is 12.8. The molecule has 0 radical (unpaired) electrons. The third-order valence-corrected chi connectivity index (χ3v) is 6.65. The van der Waals surface area contributed by atoms with E-state index in [2.05, 4.69) is 98.0 Å². The molecule has 0 fully saturated rings. The van der Waals surface area contributed by atoms with E-state index in [-0.39, 0.29) is 17.4 Å². The maximum atomic E-state index is 12.5. The predicted octanol–water partition coefficient (Wildman–Crippen LogP) is 5.79. The van der Waals surface area contributed by atoms with E-state index in [9.17, 15) is 4.79 Å². The molecular weight excluding hydrogens is 416 g/mol. The SMILES string of the molecule is Cc1ccccc1-n1c(SCC(=O)N[C@H](C)C(C)C)nnc1-c1ccc(C(C)(C)C)cc1. The third-order valence-electron chi connectivity index (χ3n) is 5.72. The quantitative estimate of drug-likeness (QED) is 0.463. The van der Waals surface area contributed by atoms with Crippen LogP contribution in [0.15, 0.2) is 53.7 Å². The Kier molecular flexibility index (Phi) is 7.44. The Morgan fingerprint density at radius 3 is 2.28 bits per heavy atom. The van der Waals surface area contributed by atoms with E-state index >= 15 is 0 Å². The monoisotopic (exact) mass is 450 g/mol. The van der Waals surface area contributed by atoms with E-state index < -0.39 is 0 Å². The van der Waals surface area contributed by atoms with Crippen LogP contribution in [0.5, 0.6) is 0 Å². The largest absolute Gasteiger partial charge is 0.353 e. The molecule has 0 aliphatic rings. The first-order valence-electron chi connectivity index (χ1n) is 11.1. The molecule has 170 valence electrons. The summed E-state index contributed by atoms with van der Waals surface area (Å²) in [6.07, 6.45) is 0. The van der Waals surface area contributed by atoms with Gasteiger partial charge in [-0.3, -0.25) is 9.36 Å². The number of aryl methyl sites for hydroxylation is 1. The first-order chi connectivity index (χ1) is 15.1. The van der Waals surface area contributed by atoms with Gasteiger partial charge >= 0.3 is 0 Å². The summed E-state index contributed by atoms with van der Waals surface area (Å²) in [4.78, 5) is 12.5. The molecule has 0 saturated carbocycles. The van der Waals surface area contributed by atoms with E-state index in [4.69, 9.17) is 0 Å². The number of carbonyl (C=O) groups excluding carboxylic acids is 1. The number of amides is 1. The van der Waals surface area contributed by atoms with Crippen molar-refractivity contribution in [3.63, 3.8) is 0 Å². The number of para-hydroxylation sites is 1. The van der Waals surface area contributed by atoms with Crippen molar-refractivity contribution in [2.24, 2.45) is 5.92 Å². The Balaban J connectivity index is 1.95. The first-order valence-corrected chi connectivity index (χ1v) is 12.1. The zero-order valence-corrected chi connectivity index (χ0v) is 21.0. The predicted molar refractivity (Wildman–Crippen MR) is 133 cm³/mol. The minimum Gasteiger partial charge on any atom is -0.353 e. The van der Waals surface area contributed by atoms with Crippen LogP contribution in [0.1, 0.15) is 52.7 Å². The van der Waals surface area contributed by atoms with Crippen LogP contribution in [0.3, 0.4) is 0 Å². The Morgan fingerprint density at radius 2 is 1.69 bits per heavy atom. The highest BCUT2D eigenvalue weighted by Gasteiger charge is 2.20. The van der Waals surface area contributed by atoms with Crippen molar-refractivity contribution in [3.8, 4) is 17.1 Å². The highest BCUT2D eigenvalue weighted by Crippen LogP contribution is 2.31. The Hall–Kier alpha value is -2.60. The molecule has 1 amide bonds. The average Bonchev–Trinajstić information content (AvgIpc) is 3.15. The van der Waals surface area contributed by atoms with Crippen LogP contribution in [0, 0.1) is 12.8 Å². The molecule has 1 atom stereocenters. The lowest BCUT2D eigenvalue weighted by Gasteiger charge is -2.19. The summed E-state index contributed by atoms with van der Waals surface area (Å²) in [7, 11) is 0. The van der Waals surface area contributed by atoms with E-state index in [1.807, 2.05) is 19.1 Å². The number of aromatic nitrogens is 3. The fraction of sp³-hybridized carbons (Fsp3) is 0.423. The molecule has 32 heavy (non-hydrogen) atoms. The van der Waals surface area contributed by atoms with Gasteiger partial charge in [0.1, 0.15) is 0 Å². The molecule has 3 rings (SSSR count). The highest BCUT2D eigenvalue weighted by atomic mass is 32.2. The van der Waals surface area contributed by atoms with Gasteiger partial charge in [0.15, 0.2) is 11.0 Å². The zero-order valence-electron chi connectivity index (χ0n) is 20.1. The number of nitrogens with zero attached hydrogens (tertiary/aromatic N) is 3. The smallest absolute Gasteiger partial charge is 0.230 e. The third kappa shape index (κ3) is 5.60. The first kappa shape index (κ1) is 24.1. The van der Waals surface area contributed by atoms with Crippen LogP contribution in [-0.2, 0) is 10.2 Å². The normalized spacial score (nSPS) is 12.8. The molecule has 1 aromatic heterocycles.